The SMILES string of the molecule is O=C(O)[C@@H]1CCCN1S(=O)(=O)c1c(Cl)cc(F)cc1Br. The molecule has 1 aromatic carbocycles. The van der Waals surface area contributed by atoms with Gasteiger partial charge in [0.05, 0.1) is 5.02 Å². The number of carbonyl (C=O) groups is 1. The van der Waals surface area contributed by atoms with E-state index in [4.69, 9.17) is 16.7 Å². The van der Waals surface area contributed by atoms with Gasteiger partial charge in [0.25, 0.3) is 0 Å². The number of benzene rings is 1. The molecule has 0 amide bonds. The molecule has 0 aromatic heterocycles. The first-order chi connectivity index (χ1) is 9.25. The van der Waals surface area contributed by atoms with Crippen LogP contribution in [-0.2, 0) is 14.8 Å². The topological polar surface area (TPSA) is 74.7 Å². The summed E-state index contributed by atoms with van der Waals surface area (Å²) in [6.07, 6.45) is 0.692. The Labute approximate surface area is 128 Å². The van der Waals surface area contributed by atoms with Gasteiger partial charge in [0, 0.05) is 11.0 Å². The molecule has 20 heavy (non-hydrogen) atoms. The van der Waals surface area contributed by atoms with Gasteiger partial charge in [-0.05, 0) is 40.9 Å². The highest BCUT2D eigenvalue weighted by molar-refractivity contribution is 9.10. The van der Waals surface area contributed by atoms with Crippen LogP contribution in [0, 0.1) is 5.82 Å². The molecule has 1 aromatic rings. The third kappa shape index (κ3) is 2.69. The standard InChI is InChI=1S/C11H10BrClFNO4S/c12-7-4-6(14)5-8(13)10(7)20(18,19)15-3-1-2-9(15)11(16)17/h4-5,9H,1-3H2,(H,16,17)/t9-/m0/s1. The summed E-state index contributed by atoms with van der Waals surface area (Å²) in [6.45, 7) is 0.0967. The molecule has 0 unspecified atom stereocenters. The van der Waals surface area contributed by atoms with E-state index in [9.17, 15) is 17.6 Å². The van der Waals surface area contributed by atoms with E-state index in [2.05, 4.69) is 15.9 Å². The summed E-state index contributed by atoms with van der Waals surface area (Å²) in [5.41, 5.74) is 0. The highest BCUT2D eigenvalue weighted by Gasteiger charge is 2.41. The van der Waals surface area contributed by atoms with Gasteiger partial charge in [0.1, 0.15) is 16.8 Å². The van der Waals surface area contributed by atoms with Crippen molar-refractivity contribution in [2.45, 2.75) is 23.8 Å². The Morgan fingerprint density at radius 1 is 1.50 bits per heavy atom. The lowest BCUT2D eigenvalue weighted by Crippen LogP contribution is -2.40. The summed E-state index contributed by atoms with van der Waals surface area (Å²) in [5.74, 6) is -1.89. The van der Waals surface area contributed by atoms with E-state index in [0.717, 1.165) is 16.4 Å². The largest absolute Gasteiger partial charge is 0.480 e. The minimum absolute atomic E-state index is 0.0291. The molecule has 0 spiro atoms. The molecule has 1 N–H and O–H groups in total. The van der Waals surface area contributed by atoms with Crippen molar-refractivity contribution in [1.29, 1.82) is 0 Å². The minimum atomic E-state index is -4.10. The number of rotatable bonds is 3. The molecule has 1 aliphatic rings. The van der Waals surface area contributed by atoms with E-state index < -0.39 is 27.9 Å². The zero-order valence-corrected chi connectivity index (χ0v) is 13.2. The molecule has 5 nitrogen and oxygen atoms in total. The molecular formula is C11H10BrClFNO4S. The van der Waals surface area contributed by atoms with Crippen molar-refractivity contribution in [2.75, 3.05) is 6.54 Å². The average Bonchev–Trinajstić information content (AvgIpc) is 2.75. The molecule has 0 bridgehead atoms. The van der Waals surface area contributed by atoms with Gasteiger partial charge in [-0.3, -0.25) is 4.79 Å². The Morgan fingerprint density at radius 2 is 2.15 bits per heavy atom. The lowest BCUT2D eigenvalue weighted by atomic mass is 10.2. The number of sulfonamides is 1. The van der Waals surface area contributed by atoms with Crippen LogP contribution >= 0.6 is 27.5 Å². The first-order valence-electron chi connectivity index (χ1n) is 5.64. The lowest BCUT2D eigenvalue weighted by Gasteiger charge is -2.22. The van der Waals surface area contributed by atoms with Crippen LogP contribution in [0.25, 0.3) is 0 Å². The highest BCUT2D eigenvalue weighted by atomic mass is 79.9. The van der Waals surface area contributed by atoms with Crippen molar-refractivity contribution in [2.24, 2.45) is 0 Å². The number of hydrogen-bond acceptors (Lipinski definition) is 3. The van der Waals surface area contributed by atoms with Crippen LogP contribution in [-0.4, -0.2) is 36.4 Å². The first-order valence-corrected chi connectivity index (χ1v) is 8.25. The van der Waals surface area contributed by atoms with Crippen molar-refractivity contribution in [3.63, 3.8) is 0 Å². The molecule has 1 aliphatic heterocycles. The van der Waals surface area contributed by atoms with Crippen molar-refractivity contribution in [1.82, 2.24) is 4.31 Å². The van der Waals surface area contributed by atoms with Gasteiger partial charge in [0.15, 0.2) is 0 Å². The van der Waals surface area contributed by atoms with Crippen LogP contribution in [0.5, 0.6) is 0 Å². The average molecular weight is 387 g/mol. The van der Waals surface area contributed by atoms with Gasteiger partial charge >= 0.3 is 5.97 Å². The molecule has 0 radical (unpaired) electrons. The summed E-state index contributed by atoms with van der Waals surface area (Å²) >= 11 is 8.76. The van der Waals surface area contributed by atoms with E-state index in [0.29, 0.717) is 6.42 Å². The van der Waals surface area contributed by atoms with Crippen LogP contribution in [0.2, 0.25) is 5.02 Å². The second kappa shape index (κ2) is 5.59. The van der Waals surface area contributed by atoms with Crippen molar-refractivity contribution in [3.8, 4) is 0 Å². The number of carboxylic acids is 1. The molecule has 0 saturated carbocycles. The lowest BCUT2D eigenvalue weighted by molar-refractivity contribution is -0.140. The quantitative estimate of drug-likeness (QED) is 0.866. The molecule has 2 rings (SSSR count). The number of nitrogens with zero attached hydrogens (tertiary/aromatic N) is 1. The fraction of sp³-hybridized carbons (Fsp3) is 0.364. The maximum Gasteiger partial charge on any atom is 0.322 e. The van der Waals surface area contributed by atoms with Gasteiger partial charge in [-0.1, -0.05) is 11.6 Å². The van der Waals surface area contributed by atoms with Crippen LogP contribution < -0.4 is 0 Å². The molecule has 110 valence electrons. The van der Waals surface area contributed by atoms with E-state index in [1.54, 1.807) is 0 Å². The Hall–Kier alpha value is -0.700. The van der Waals surface area contributed by atoms with Gasteiger partial charge in [-0.2, -0.15) is 4.31 Å². The summed E-state index contributed by atoms with van der Waals surface area (Å²) < 4.78 is 39.1. The fourth-order valence-electron chi connectivity index (χ4n) is 2.17. The number of hydrogen-bond donors (Lipinski definition) is 1. The summed E-state index contributed by atoms with van der Waals surface area (Å²) in [6, 6.07) is 0.739. The molecule has 0 aliphatic carbocycles. The Morgan fingerprint density at radius 3 is 2.70 bits per heavy atom. The maximum atomic E-state index is 13.2. The number of halogens is 3. The van der Waals surface area contributed by atoms with Crippen LogP contribution in [0.15, 0.2) is 21.5 Å². The Bertz CT molecular complexity index is 643. The van der Waals surface area contributed by atoms with Crippen LogP contribution in [0.4, 0.5) is 4.39 Å². The monoisotopic (exact) mass is 385 g/mol. The van der Waals surface area contributed by atoms with Gasteiger partial charge in [0.2, 0.25) is 10.0 Å². The summed E-state index contributed by atoms with van der Waals surface area (Å²) in [7, 11) is -4.10. The van der Waals surface area contributed by atoms with Crippen LogP contribution in [0.1, 0.15) is 12.8 Å². The molecule has 1 heterocycles. The normalized spacial score (nSPS) is 20.2. The minimum Gasteiger partial charge on any atom is -0.480 e. The van der Waals surface area contributed by atoms with E-state index in [1.807, 2.05) is 0 Å². The van der Waals surface area contributed by atoms with Crippen LogP contribution in [0.3, 0.4) is 0 Å². The molecule has 1 fully saturated rings. The third-order valence-electron chi connectivity index (χ3n) is 3.02. The smallest absolute Gasteiger partial charge is 0.322 e. The third-order valence-corrected chi connectivity index (χ3v) is 6.33. The maximum absolute atomic E-state index is 13.2. The molecular weight excluding hydrogens is 377 g/mol. The van der Waals surface area contributed by atoms with Gasteiger partial charge in [-0.15, -0.1) is 0 Å². The predicted molar refractivity (Wildman–Crippen MR) is 73.7 cm³/mol. The van der Waals surface area contributed by atoms with E-state index in [1.165, 1.54) is 0 Å². The fourth-order valence-corrected chi connectivity index (χ4v) is 5.57. The molecule has 1 saturated heterocycles. The van der Waals surface area contributed by atoms with E-state index >= 15 is 0 Å². The zero-order chi connectivity index (χ0) is 15.1. The Balaban J connectivity index is 2.54. The highest BCUT2D eigenvalue weighted by Crippen LogP contribution is 2.35. The number of carboxylic acid groups (broad SMARTS) is 1. The van der Waals surface area contributed by atoms with Gasteiger partial charge in [-0.25, -0.2) is 12.8 Å². The summed E-state index contributed by atoms with van der Waals surface area (Å²) in [4.78, 5) is 10.8. The van der Waals surface area contributed by atoms with Crippen molar-refractivity contribution in [3.05, 3.63) is 27.4 Å². The predicted octanol–water partition coefficient (Wildman–Crippen LogP) is 2.48. The second-order valence-corrected chi connectivity index (χ2v) is 7.40. The van der Waals surface area contributed by atoms with Gasteiger partial charge < -0.3 is 5.11 Å². The zero-order valence-electron chi connectivity index (χ0n) is 10.0. The first kappa shape index (κ1) is 15.7. The molecule has 9 heteroatoms. The van der Waals surface area contributed by atoms with Crippen molar-refractivity contribution < 1.29 is 22.7 Å². The van der Waals surface area contributed by atoms with E-state index in [-0.39, 0.29) is 27.4 Å². The van der Waals surface area contributed by atoms with Crippen molar-refractivity contribution >= 4 is 43.5 Å². The Kier molecular flexibility index (Phi) is 4.38. The molecule has 1 atom stereocenters. The number of aliphatic carboxylic acids is 1. The second-order valence-electron chi connectivity index (χ2n) is 4.31. The summed E-state index contributed by atoms with van der Waals surface area (Å²) in [5, 5.41) is 8.78.